The molecule has 1 atom stereocenters. The van der Waals surface area contributed by atoms with Crippen molar-refractivity contribution in [2.24, 2.45) is 5.92 Å². The fourth-order valence-electron chi connectivity index (χ4n) is 2.27. The summed E-state index contributed by atoms with van der Waals surface area (Å²) in [6.07, 6.45) is 1.12. The fourth-order valence-corrected chi connectivity index (χ4v) is 2.27. The Labute approximate surface area is 151 Å². The zero-order chi connectivity index (χ0) is 18.1. The number of benzene rings is 2. The number of ether oxygens (including phenoxy) is 3. The summed E-state index contributed by atoms with van der Waals surface area (Å²) in [7, 11) is 1.66. The van der Waals surface area contributed by atoms with Crippen LogP contribution in [0.25, 0.3) is 0 Å². The molecule has 0 spiro atoms. The van der Waals surface area contributed by atoms with Crippen LogP contribution in [-0.4, -0.2) is 26.4 Å². The molecule has 0 fully saturated rings. The lowest BCUT2D eigenvalue weighted by Gasteiger charge is -2.16. The molecule has 0 aliphatic rings. The first-order valence-corrected chi connectivity index (χ1v) is 8.84. The molecule has 0 saturated heterocycles. The Balaban J connectivity index is 1.74. The third-order valence-electron chi connectivity index (χ3n) is 3.81. The van der Waals surface area contributed by atoms with Gasteiger partial charge in [-0.25, -0.2) is 0 Å². The van der Waals surface area contributed by atoms with E-state index < -0.39 is 0 Å². The first-order chi connectivity index (χ1) is 12.1. The molecule has 0 aliphatic heterocycles. The lowest BCUT2D eigenvalue weighted by molar-refractivity contribution is 0.234. The lowest BCUT2D eigenvalue weighted by Crippen LogP contribution is -2.22. The summed E-state index contributed by atoms with van der Waals surface area (Å²) in [5.41, 5.74) is 1.06. The number of hydrogen-bond acceptors (Lipinski definition) is 4. The Morgan fingerprint density at radius 2 is 1.44 bits per heavy atom. The van der Waals surface area contributed by atoms with Crippen molar-refractivity contribution in [3.63, 3.8) is 0 Å². The smallest absolute Gasteiger partial charge is 0.120 e. The van der Waals surface area contributed by atoms with Gasteiger partial charge >= 0.3 is 0 Å². The number of nitrogens with one attached hydrogen (secondary N) is 1. The third-order valence-corrected chi connectivity index (χ3v) is 3.81. The van der Waals surface area contributed by atoms with E-state index >= 15 is 0 Å². The van der Waals surface area contributed by atoms with E-state index in [0.717, 1.165) is 42.5 Å². The van der Waals surface area contributed by atoms with Crippen LogP contribution in [0.3, 0.4) is 0 Å². The van der Waals surface area contributed by atoms with Crippen molar-refractivity contribution >= 4 is 5.69 Å². The van der Waals surface area contributed by atoms with Crippen molar-refractivity contribution in [1.29, 1.82) is 0 Å². The lowest BCUT2D eigenvalue weighted by atomic mass is 10.1. The normalized spacial score (nSPS) is 11.9. The van der Waals surface area contributed by atoms with Crippen LogP contribution in [0, 0.1) is 5.92 Å². The zero-order valence-electron chi connectivity index (χ0n) is 15.6. The summed E-state index contributed by atoms with van der Waals surface area (Å²) in [6, 6.07) is 15.7. The first kappa shape index (κ1) is 19.0. The SMILES string of the molecule is COc1ccc(OC(C)CNc2ccc(OCCC(C)C)cc2)cc1. The molecule has 1 unspecified atom stereocenters. The number of hydrogen-bond donors (Lipinski definition) is 1. The highest BCUT2D eigenvalue weighted by Crippen LogP contribution is 2.19. The van der Waals surface area contributed by atoms with Gasteiger partial charge in [0.2, 0.25) is 0 Å². The molecular formula is C21H29NO3. The first-order valence-electron chi connectivity index (χ1n) is 8.84. The maximum Gasteiger partial charge on any atom is 0.120 e. The monoisotopic (exact) mass is 343 g/mol. The minimum atomic E-state index is 0.0513. The molecule has 25 heavy (non-hydrogen) atoms. The van der Waals surface area contributed by atoms with Gasteiger partial charge in [-0.15, -0.1) is 0 Å². The molecule has 0 heterocycles. The molecule has 1 N–H and O–H groups in total. The van der Waals surface area contributed by atoms with Crippen molar-refractivity contribution in [1.82, 2.24) is 0 Å². The summed E-state index contributed by atoms with van der Waals surface area (Å²) in [4.78, 5) is 0. The van der Waals surface area contributed by atoms with E-state index in [1.807, 2.05) is 55.5 Å². The van der Waals surface area contributed by atoms with Gasteiger partial charge < -0.3 is 19.5 Å². The van der Waals surface area contributed by atoms with Gasteiger partial charge in [0.05, 0.1) is 20.3 Å². The maximum atomic E-state index is 5.89. The fraction of sp³-hybridized carbons (Fsp3) is 0.429. The Morgan fingerprint density at radius 3 is 2.04 bits per heavy atom. The molecule has 0 bridgehead atoms. The highest BCUT2D eigenvalue weighted by atomic mass is 16.5. The van der Waals surface area contributed by atoms with Crippen molar-refractivity contribution in [2.75, 3.05) is 25.6 Å². The van der Waals surface area contributed by atoms with Crippen molar-refractivity contribution in [3.05, 3.63) is 48.5 Å². The summed E-state index contributed by atoms with van der Waals surface area (Å²) in [6.45, 7) is 7.93. The van der Waals surface area contributed by atoms with E-state index in [1.54, 1.807) is 7.11 Å². The summed E-state index contributed by atoms with van der Waals surface area (Å²) >= 11 is 0. The molecule has 0 saturated carbocycles. The van der Waals surface area contributed by atoms with Gasteiger partial charge in [0, 0.05) is 5.69 Å². The summed E-state index contributed by atoms with van der Waals surface area (Å²) in [5, 5.41) is 3.38. The highest BCUT2D eigenvalue weighted by Gasteiger charge is 2.05. The second-order valence-corrected chi connectivity index (χ2v) is 6.54. The minimum Gasteiger partial charge on any atom is -0.497 e. The van der Waals surface area contributed by atoms with Crippen LogP contribution in [0.5, 0.6) is 17.2 Å². The molecule has 0 amide bonds. The van der Waals surface area contributed by atoms with Gasteiger partial charge in [-0.05, 0) is 67.8 Å². The molecular weight excluding hydrogens is 314 g/mol. The Hall–Kier alpha value is -2.36. The van der Waals surface area contributed by atoms with E-state index in [-0.39, 0.29) is 6.10 Å². The Bertz CT molecular complexity index is 608. The number of anilines is 1. The van der Waals surface area contributed by atoms with Gasteiger partial charge in [0.15, 0.2) is 0 Å². The van der Waals surface area contributed by atoms with Crippen LogP contribution in [0.4, 0.5) is 5.69 Å². The van der Waals surface area contributed by atoms with Crippen LogP contribution in [0.2, 0.25) is 0 Å². The van der Waals surface area contributed by atoms with Crippen molar-refractivity contribution < 1.29 is 14.2 Å². The van der Waals surface area contributed by atoms with E-state index in [0.29, 0.717) is 5.92 Å². The molecule has 0 radical (unpaired) electrons. The summed E-state index contributed by atoms with van der Waals surface area (Å²) < 4.78 is 16.8. The predicted octanol–water partition coefficient (Wildman–Crippen LogP) is 5.00. The van der Waals surface area contributed by atoms with E-state index in [1.165, 1.54) is 0 Å². The molecule has 0 aliphatic carbocycles. The largest absolute Gasteiger partial charge is 0.497 e. The van der Waals surface area contributed by atoms with Gasteiger partial charge in [-0.2, -0.15) is 0 Å². The van der Waals surface area contributed by atoms with Gasteiger partial charge in [0.1, 0.15) is 23.4 Å². The average molecular weight is 343 g/mol. The Kier molecular flexibility index (Phi) is 7.45. The molecule has 2 aromatic carbocycles. The molecule has 2 aromatic rings. The zero-order valence-corrected chi connectivity index (χ0v) is 15.6. The second kappa shape index (κ2) is 9.82. The van der Waals surface area contributed by atoms with E-state index in [2.05, 4.69) is 19.2 Å². The molecule has 4 heteroatoms. The third kappa shape index (κ3) is 6.96. The Morgan fingerprint density at radius 1 is 0.840 bits per heavy atom. The topological polar surface area (TPSA) is 39.7 Å². The van der Waals surface area contributed by atoms with Gasteiger partial charge in [-0.3, -0.25) is 0 Å². The summed E-state index contributed by atoms with van der Waals surface area (Å²) in [5.74, 6) is 3.24. The van der Waals surface area contributed by atoms with E-state index in [4.69, 9.17) is 14.2 Å². The molecule has 2 rings (SSSR count). The number of rotatable bonds is 10. The number of methoxy groups -OCH3 is 1. The molecule has 136 valence electrons. The molecule has 0 aromatic heterocycles. The van der Waals surface area contributed by atoms with E-state index in [9.17, 15) is 0 Å². The average Bonchev–Trinajstić information content (AvgIpc) is 2.61. The quantitative estimate of drug-likeness (QED) is 0.659. The van der Waals surface area contributed by atoms with Crippen molar-refractivity contribution in [2.45, 2.75) is 33.3 Å². The van der Waals surface area contributed by atoms with Gasteiger partial charge in [0.25, 0.3) is 0 Å². The molecule has 4 nitrogen and oxygen atoms in total. The maximum absolute atomic E-state index is 5.89. The van der Waals surface area contributed by atoms with Crippen LogP contribution in [0.15, 0.2) is 48.5 Å². The van der Waals surface area contributed by atoms with Crippen molar-refractivity contribution in [3.8, 4) is 17.2 Å². The van der Waals surface area contributed by atoms with Gasteiger partial charge in [-0.1, -0.05) is 13.8 Å². The minimum absolute atomic E-state index is 0.0513. The van der Waals surface area contributed by atoms with Crippen LogP contribution in [-0.2, 0) is 0 Å². The predicted molar refractivity (Wildman–Crippen MR) is 103 cm³/mol. The standard InChI is InChI=1S/C21H29NO3/c1-16(2)13-14-24-20-7-5-18(6-8-20)22-15-17(3)25-21-11-9-19(23-4)10-12-21/h5-12,16-17,22H,13-15H2,1-4H3. The second-order valence-electron chi connectivity index (χ2n) is 6.54. The van der Waals surface area contributed by atoms with Crippen LogP contribution >= 0.6 is 0 Å². The highest BCUT2D eigenvalue weighted by molar-refractivity contribution is 5.46. The van der Waals surface area contributed by atoms with Crippen LogP contribution < -0.4 is 19.5 Å². The van der Waals surface area contributed by atoms with Crippen LogP contribution in [0.1, 0.15) is 27.2 Å².